The molecule has 2 aromatic carbocycles. The molecule has 1 N–H and O–H groups in total. The van der Waals surface area contributed by atoms with Crippen molar-refractivity contribution in [2.75, 3.05) is 7.05 Å². The van der Waals surface area contributed by atoms with Gasteiger partial charge in [0.25, 0.3) is 17.7 Å². The maximum atomic E-state index is 13.2. The summed E-state index contributed by atoms with van der Waals surface area (Å²) in [5, 5.41) is 8.00. The van der Waals surface area contributed by atoms with E-state index < -0.39 is 17.4 Å². The van der Waals surface area contributed by atoms with E-state index >= 15 is 0 Å². The number of carbonyl (C=O) groups is 3. The van der Waals surface area contributed by atoms with Gasteiger partial charge in [-0.15, -0.1) is 0 Å². The quantitative estimate of drug-likeness (QED) is 0.576. The fourth-order valence-electron chi connectivity index (χ4n) is 4.02. The van der Waals surface area contributed by atoms with Gasteiger partial charge in [0.1, 0.15) is 5.70 Å². The van der Waals surface area contributed by atoms with E-state index in [1.54, 1.807) is 17.8 Å². The second-order valence-electron chi connectivity index (χ2n) is 9.71. The number of fused-ring (bicyclic) bond motifs is 2. The number of hydrogen-bond acceptors (Lipinski definition) is 4. The van der Waals surface area contributed by atoms with Crippen LogP contribution in [-0.4, -0.2) is 49.9 Å². The van der Waals surface area contributed by atoms with E-state index in [1.807, 2.05) is 64.3 Å². The number of benzene rings is 2. The highest BCUT2D eigenvalue weighted by atomic mass is 16.2. The van der Waals surface area contributed by atoms with Crippen LogP contribution in [0.15, 0.2) is 67.1 Å². The summed E-state index contributed by atoms with van der Waals surface area (Å²) >= 11 is 0. The lowest BCUT2D eigenvalue weighted by Gasteiger charge is -2.32. The molecule has 2 heterocycles. The number of nitrogens with one attached hydrogen (secondary N) is 1. The van der Waals surface area contributed by atoms with E-state index in [0.29, 0.717) is 5.56 Å². The Morgan fingerprint density at radius 3 is 2.49 bits per heavy atom. The van der Waals surface area contributed by atoms with Crippen LogP contribution in [0.3, 0.4) is 0 Å². The Morgan fingerprint density at radius 2 is 1.80 bits per heavy atom. The third-order valence-corrected chi connectivity index (χ3v) is 6.32. The van der Waals surface area contributed by atoms with E-state index in [1.165, 1.54) is 9.80 Å². The first-order valence-corrected chi connectivity index (χ1v) is 11.2. The Labute approximate surface area is 204 Å². The van der Waals surface area contributed by atoms with Gasteiger partial charge in [0.2, 0.25) is 0 Å². The predicted molar refractivity (Wildman–Crippen MR) is 135 cm³/mol. The molecule has 0 spiro atoms. The van der Waals surface area contributed by atoms with Crippen molar-refractivity contribution in [1.82, 2.24) is 24.9 Å². The van der Waals surface area contributed by atoms with Crippen molar-refractivity contribution in [3.8, 4) is 11.1 Å². The molecule has 0 fully saturated rings. The normalized spacial score (nSPS) is 13.1. The fourth-order valence-corrected chi connectivity index (χ4v) is 4.02. The van der Waals surface area contributed by atoms with Crippen LogP contribution in [0.2, 0.25) is 0 Å². The molecule has 0 bridgehead atoms. The molecule has 4 rings (SSSR count). The first-order chi connectivity index (χ1) is 16.4. The lowest BCUT2D eigenvalue weighted by Crippen LogP contribution is -2.46. The number of nitrogens with zero attached hydrogens (tertiary/aromatic N) is 4. The first kappa shape index (κ1) is 23.9. The van der Waals surface area contributed by atoms with Gasteiger partial charge in [0, 0.05) is 36.8 Å². The Kier molecular flexibility index (Phi) is 5.84. The molecule has 0 aliphatic carbocycles. The zero-order valence-electron chi connectivity index (χ0n) is 20.7. The molecule has 180 valence electrons. The lowest BCUT2D eigenvalue weighted by atomic mass is 9.96. The summed E-state index contributed by atoms with van der Waals surface area (Å²) < 4.78 is 1.76. The van der Waals surface area contributed by atoms with Gasteiger partial charge in [-0.1, -0.05) is 37.4 Å². The van der Waals surface area contributed by atoms with Crippen LogP contribution in [0.25, 0.3) is 22.0 Å². The molecule has 8 nitrogen and oxygen atoms in total. The number of rotatable bonds is 5. The minimum Gasteiger partial charge on any atom is -0.336 e. The minimum atomic E-state index is -0.650. The molecule has 3 aromatic rings. The highest BCUT2D eigenvalue weighted by Crippen LogP contribution is 2.35. The maximum absolute atomic E-state index is 13.2. The van der Waals surface area contributed by atoms with Crippen molar-refractivity contribution in [2.24, 2.45) is 7.05 Å². The van der Waals surface area contributed by atoms with Crippen molar-refractivity contribution in [2.45, 2.75) is 32.9 Å². The fraction of sp³-hybridized carbons (Fsp3) is 0.259. The second kappa shape index (κ2) is 8.54. The topological polar surface area (TPSA) is 87.5 Å². The summed E-state index contributed by atoms with van der Waals surface area (Å²) in [5.41, 5.74) is 3.43. The second-order valence-corrected chi connectivity index (χ2v) is 9.71. The minimum absolute atomic E-state index is 0.0512. The van der Waals surface area contributed by atoms with Gasteiger partial charge in [0.15, 0.2) is 0 Å². The van der Waals surface area contributed by atoms with Crippen LogP contribution in [-0.2, 0) is 23.2 Å². The Morgan fingerprint density at radius 1 is 1.11 bits per heavy atom. The predicted octanol–water partition coefficient (Wildman–Crippen LogP) is 3.60. The van der Waals surface area contributed by atoms with Gasteiger partial charge in [-0.05, 0) is 49.6 Å². The van der Waals surface area contributed by atoms with Crippen molar-refractivity contribution < 1.29 is 14.4 Å². The van der Waals surface area contributed by atoms with E-state index in [0.717, 1.165) is 27.6 Å². The number of aryl methyl sites for hydroxylation is 1. The van der Waals surface area contributed by atoms with E-state index in [9.17, 15) is 14.4 Å². The summed E-state index contributed by atoms with van der Waals surface area (Å²) in [7, 11) is 3.51. The highest BCUT2D eigenvalue weighted by Gasteiger charge is 2.34. The van der Waals surface area contributed by atoms with Crippen molar-refractivity contribution >= 4 is 28.6 Å². The summed E-state index contributed by atoms with van der Waals surface area (Å²) in [6.07, 6.45) is 1.94. The smallest absolute Gasteiger partial charge is 0.271 e. The number of aromatic nitrogens is 2. The molecule has 8 heteroatoms. The SMILES string of the molecule is C=C(NC(=O)C(=C)N1Cc2c(cccc2-c2ccc3cn(C)nc3c2)C1=O)C(=O)N(C)C(C)(C)C. The largest absolute Gasteiger partial charge is 0.336 e. The number of hydrogen-bond donors (Lipinski definition) is 1. The zero-order valence-corrected chi connectivity index (χ0v) is 20.7. The summed E-state index contributed by atoms with van der Waals surface area (Å²) in [4.78, 5) is 41.5. The Bertz CT molecular complexity index is 1410. The Balaban J connectivity index is 1.55. The van der Waals surface area contributed by atoms with Gasteiger partial charge in [-0.25, -0.2) is 0 Å². The molecule has 0 saturated heterocycles. The molecule has 1 aromatic heterocycles. The first-order valence-electron chi connectivity index (χ1n) is 11.2. The molecule has 0 atom stereocenters. The molecule has 3 amide bonds. The van der Waals surface area contributed by atoms with E-state index in [2.05, 4.69) is 23.6 Å². The number of amides is 3. The molecular formula is C27H29N5O3. The van der Waals surface area contributed by atoms with Gasteiger partial charge >= 0.3 is 0 Å². The zero-order chi connectivity index (χ0) is 25.7. The highest BCUT2D eigenvalue weighted by molar-refractivity contribution is 6.08. The maximum Gasteiger partial charge on any atom is 0.271 e. The lowest BCUT2D eigenvalue weighted by molar-refractivity contribution is -0.131. The molecule has 35 heavy (non-hydrogen) atoms. The van der Waals surface area contributed by atoms with E-state index in [-0.39, 0.29) is 23.8 Å². The van der Waals surface area contributed by atoms with Gasteiger partial charge < -0.3 is 10.2 Å². The third-order valence-electron chi connectivity index (χ3n) is 6.32. The molecule has 0 saturated carbocycles. The van der Waals surface area contributed by atoms with Crippen LogP contribution in [0.4, 0.5) is 0 Å². The van der Waals surface area contributed by atoms with Crippen molar-refractivity contribution in [1.29, 1.82) is 0 Å². The Hall–Kier alpha value is -4.20. The van der Waals surface area contributed by atoms with E-state index in [4.69, 9.17) is 0 Å². The van der Waals surface area contributed by atoms with Crippen molar-refractivity contribution in [3.63, 3.8) is 0 Å². The van der Waals surface area contributed by atoms with Crippen LogP contribution in [0, 0.1) is 0 Å². The average Bonchev–Trinajstić information content (AvgIpc) is 3.34. The van der Waals surface area contributed by atoms with Gasteiger partial charge in [-0.3, -0.25) is 24.0 Å². The summed E-state index contributed by atoms with van der Waals surface area (Å²) in [6.45, 7) is 13.4. The van der Waals surface area contributed by atoms with Crippen LogP contribution >= 0.6 is 0 Å². The number of likely N-dealkylation sites (N-methyl/N-ethyl adjacent to an activating group) is 1. The number of carbonyl (C=O) groups excluding carboxylic acids is 3. The van der Waals surface area contributed by atoms with Gasteiger partial charge in [-0.2, -0.15) is 5.10 Å². The average molecular weight is 472 g/mol. The third kappa shape index (κ3) is 4.35. The standard InChI is InChI=1S/C27H29N5O3/c1-16(25(34)31(7)27(3,4)5)28-24(33)17(2)32-15-22-20(9-8-10-21(22)26(32)35)18-11-12-19-14-30(6)29-23(19)13-18/h8-14H,1-2,15H2,3-7H3,(H,28,33). The molecule has 0 radical (unpaired) electrons. The van der Waals surface area contributed by atoms with Crippen LogP contribution in [0.1, 0.15) is 36.7 Å². The van der Waals surface area contributed by atoms with Gasteiger partial charge in [0.05, 0.1) is 17.8 Å². The molecule has 0 unspecified atom stereocenters. The van der Waals surface area contributed by atoms with Crippen molar-refractivity contribution in [3.05, 3.63) is 78.3 Å². The summed E-state index contributed by atoms with van der Waals surface area (Å²) in [6, 6.07) is 11.5. The molecular weight excluding hydrogens is 442 g/mol. The van der Waals surface area contributed by atoms with Crippen LogP contribution in [0.5, 0.6) is 0 Å². The molecule has 1 aliphatic rings. The summed E-state index contributed by atoms with van der Waals surface area (Å²) in [5.74, 6) is -1.38. The monoisotopic (exact) mass is 471 g/mol. The van der Waals surface area contributed by atoms with Crippen LogP contribution < -0.4 is 5.32 Å². The molecule has 1 aliphatic heterocycles.